The van der Waals surface area contributed by atoms with Crippen LogP contribution in [0.15, 0.2) is 12.1 Å². The molecular weight excluding hydrogens is 934 g/mol. The first-order valence-electron chi connectivity index (χ1n) is 24.6. The van der Waals surface area contributed by atoms with Gasteiger partial charge in [0.25, 0.3) is 0 Å². The molecule has 2 heterocycles. The number of hydrogen-bond acceptors (Lipinski definition) is 4. The van der Waals surface area contributed by atoms with E-state index in [0.717, 1.165) is 13.2 Å². The van der Waals surface area contributed by atoms with E-state index in [1.807, 2.05) is 5.79 Å². The van der Waals surface area contributed by atoms with E-state index in [9.17, 15) is 0 Å². The molecule has 2 aromatic heterocycles. The molecule has 2 unspecified atom stereocenters. The quantitative estimate of drug-likeness (QED) is 0.0555. The second-order valence-electron chi connectivity index (χ2n) is 18.0. The van der Waals surface area contributed by atoms with Gasteiger partial charge in [0.15, 0.2) is 0 Å². The normalized spacial score (nSPS) is 13.6. The number of unbranched alkanes of at least 4 members (excludes halogenated alkanes) is 8. The van der Waals surface area contributed by atoms with Crippen molar-refractivity contribution in [1.29, 1.82) is 0 Å². The fourth-order valence-electron chi connectivity index (χ4n) is 9.29. The first-order chi connectivity index (χ1) is 27.3. The molecular formula is C50H90O2S2Sn2. The summed E-state index contributed by atoms with van der Waals surface area (Å²) in [5.74, 6) is 3.73. The van der Waals surface area contributed by atoms with Crippen molar-refractivity contribution >= 4 is 85.4 Å². The van der Waals surface area contributed by atoms with E-state index in [-0.39, 0.29) is 0 Å². The molecule has 0 saturated heterocycles. The molecule has 0 aliphatic carbocycles. The van der Waals surface area contributed by atoms with Crippen molar-refractivity contribution in [2.75, 3.05) is 13.2 Å². The molecule has 6 heteroatoms. The molecule has 0 aliphatic rings. The first-order valence-corrected chi connectivity index (χ1v) is 41.2. The van der Waals surface area contributed by atoms with Crippen LogP contribution in [0.3, 0.4) is 0 Å². The average molecular weight is 1020 g/mol. The van der Waals surface area contributed by atoms with Gasteiger partial charge in [-0.25, -0.2) is 0 Å². The Morgan fingerprint density at radius 3 is 0.964 bits per heavy atom. The maximum absolute atomic E-state index is 7.38. The Morgan fingerprint density at radius 2 is 0.714 bits per heavy atom. The summed E-state index contributed by atoms with van der Waals surface area (Å²) in [4.78, 5) is 0. The van der Waals surface area contributed by atoms with Gasteiger partial charge in [-0.1, -0.05) is 0 Å². The Morgan fingerprint density at radius 1 is 0.429 bits per heavy atom. The van der Waals surface area contributed by atoms with Crippen LogP contribution >= 0.6 is 22.7 Å². The number of fused-ring (bicyclic) bond motifs is 2. The van der Waals surface area contributed by atoms with Gasteiger partial charge in [0.1, 0.15) is 0 Å². The van der Waals surface area contributed by atoms with Crippen LogP contribution in [0.5, 0.6) is 11.5 Å². The van der Waals surface area contributed by atoms with Gasteiger partial charge in [-0.05, 0) is 0 Å². The standard InChI is InChI=1S/C26H36O2S2.6C4H9.2Sn/c1-5-9-11-19(7-3)17-27-23-21-13-15-30-26(21)24(22-14-16-29-25(22)23)28-18-20(8-4)12-10-6-2;6*1-3-4-2;;/h13-14,19-20H,5-12,17-18H2,1-4H3;6*1,3-4H2,2H3;;. The van der Waals surface area contributed by atoms with E-state index >= 15 is 0 Å². The van der Waals surface area contributed by atoms with Gasteiger partial charge in [-0.3, -0.25) is 0 Å². The maximum atomic E-state index is 7.38. The number of ether oxygens (including phenoxy) is 2. The molecule has 0 radical (unpaired) electrons. The van der Waals surface area contributed by atoms with Crippen LogP contribution in [-0.2, 0) is 0 Å². The molecule has 0 spiro atoms. The zero-order valence-corrected chi connectivity index (χ0v) is 46.1. The van der Waals surface area contributed by atoms with Crippen molar-refractivity contribution in [3.05, 3.63) is 12.1 Å². The van der Waals surface area contributed by atoms with Crippen LogP contribution in [0.4, 0.5) is 0 Å². The summed E-state index contributed by atoms with van der Waals surface area (Å²) in [6, 6.07) is 5.53. The van der Waals surface area contributed by atoms with E-state index in [0.29, 0.717) is 11.8 Å². The monoisotopic (exact) mass is 1030 g/mol. The summed E-state index contributed by atoms with van der Waals surface area (Å²) in [6.45, 7) is 25.7. The van der Waals surface area contributed by atoms with Gasteiger partial charge < -0.3 is 0 Å². The topological polar surface area (TPSA) is 18.5 Å². The summed E-state index contributed by atoms with van der Waals surface area (Å²) in [7, 11) is 0. The summed E-state index contributed by atoms with van der Waals surface area (Å²) < 4.78 is 30.4. The molecule has 3 rings (SSSR count). The van der Waals surface area contributed by atoms with E-state index in [1.165, 1.54) is 187 Å². The molecule has 2 atom stereocenters. The van der Waals surface area contributed by atoms with Crippen LogP contribution in [0.25, 0.3) is 20.2 Å². The first kappa shape index (κ1) is 50.7. The fourth-order valence-corrected chi connectivity index (χ4v) is 49.8. The van der Waals surface area contributed by atoms with Crippen molar-refractivity contribution in [3.8, 4) is 11.5 Å². The summed E-state index contributed by atoms with van der Waals surface area (Å²) in [5.41, 5.74) is 0. The van der Waals surface area contributed by atoms with Gasteiger partial charge >= 0.3 is 368 Å². The van der Waals surface area contributed by atoms with Crippen LogP contribution in [0.1, 0.15) is 198 Å². The fraction of sp³-hybridized carbons (Fsp3) is 0.800. The Balaban J connectivity index is 2.47. The van der Waals surface area contributed by atoms with E-state index in [2.05, 4.69) is 104 Å². The Hall–Kier alpha value is 0.337. The van der Waals surface area contributed by atoms with Gasteiger partial charge in [0, 0.05) is 0 Å². The van der Waals surface area contributed by atoms with E-state index < -0.39 is 36.8 Å². The zero-order chi connectivity index (χ0) is 40.8. The van der Waals surface area contributed by atoms with Crippen molar-refractivity contribution < 1.29 is 9.47 Å². The van der Waals surface area contributed by atoms with Gasteiger partial charge in [0.2, 0.25) is 0 Å². The van der Waals surface area contributed by atoms with Crippen LogP contribution in [0, 0.1) is 11.8 Å². The molecule has 56 heavy (non-hydrogen) atoms. The molecule has 0 amide bonds. The average Bonchev–Trinajstić information content (AvgIpc) is 3.88. The number of thiophene rings is 2. The molecule has 0 bridgehead atoms. The molecule has 1 aromatic carbocycles. The molecule has 2 nitrogen and oxygen atoms in total. The van der Waals surface area contributed by atoms with E-state index in [4.69, 9.17) is 9.47 Å². The summed E-state index contributed by atoms with van der Waals surface area (Å²) in [6.07, 6.45) is 26.4. The Labute approximate surface area is 364 Å². The predicted molar refractivity (Wildman–Crippen MR) is 264 cm³/mol. The molecule has 0 fully saturated rings. The van der Waals surface area contributed by atoms with Crippen molar-refractivity contribution in [2.45, 2.75) is 224 Å². The second-order valence-corrected chi connectivity index (χ2v) is 48.4. The van der Waals surface area contributed by atoms with Gasteiger partial charge in [-0.2, -0.15) is 0 Å². The molecule has 0 N–H and O–H groups in total. The third-order valence-electron chi connectivity index (χ3n) is 13.5. The number of benzene rings is 1. The van der Waals surface area contributed by atoms with E-state index in [1.54, 1.807) is 0 Å². The molecule has 322 valence electrons. The third-order valence-corrected chi connectivity index (χ3v) is 52.2. The van der Waals surface area contributed by atoms with Crippen LogP contribution in [0.2, 0.25) is 26.6 Å². The second kappa shape index (κ2) is 28.0. The van der Waals surface area contributed by atoms with Crippen LogP contribution in [-0.4, -0.2) is 50.0 Å². The number of hydrogen-bond donors (Lipinski definition) is 0. The van der Waals surface area contributed by atoms with Crippen molar-refractivity contribution in [1.82, 2.24) is 0 Å². The minimum absolute atomic E-state index is 0.617. The third kappa shape index (κ3) is 14.2. The molecule has 0 saturated carbocycles. The summed E-state index contributed by atoms with van der Waals surface area (Å²) >= 11 is -1.03. The Bertz CT molecular complexity index is 1270. The van der Waals surface area contributed by atoms with Crippen molar-refractivity contribution in [2.24, 2.45) is 11.8 Å². The van der Waals surface area contributed by atoms with Crippen LogP contribution < -0.4 is 15.3 Å². The Kier molecular flexibility index (Phi) is 25.4. The zero-order valence-electron chi connectivity index (χ0n) is 38.7. The van der Waals surface area contributed by atoms with Crippen molar-refractivity contribution in [3.63, 3.8) is 0 Å². The minimum atomic E-state index is -2.73. The van der Waals surface area contributed by atoms with Gasteiger partial charge in [0.05, 0.1) is 0 Å². The van der Waals surface area contributed by atoms with Gasteiger partial charge in [-0.15, -0.1) is 0 Å². The predicted octanol–water partition coefficient (Wildman–Crippen LogP) is 17.4. The molecule has 0 aliphatic heterocycles. The summed E-state index contributed by atoms with van der Waals surface area (Å²) in [5, 5.41) is 2.85. The molecule has 3 aromatic rings. The number of rotatable bonds is 34. The SMILES string of the molecule is CCCCC(CC)COc1c2c[c]([Sn]([CH2]CCC)([CH2]CCC)[CH2]CCC)sc2c(OCC(CC)CCCC)c2c[c]([Sn]([CH2]CCC)([CH2]CCC)[CH2]CCC)sc12.